The van der Waals surface area contributed by atoms with Crippen LogP contribution >= 0.6 is 0 Å². The molecule has 0 radical (unpaired) electrons. The molecule has 0 spiro atoms. The van der Waals surface area contributed by atoms with Crippen LogP contribution in [0.25, 0.3) is 0 Å². The lowest BCUT2D eigenvalue weighted by molar-refractivity contribution is -0.142. The van der Waals surface area contributed by atoms with Gasteiger partial charge in [0, 0.05) is 6.54 Å². The minimum absolute atomic E-state index is 0.413. The van der Waals surface area contributed by atoms with Crippen molar-refractivity contribution < 1.29 is 9.90 Å². The molecule has 18 heavy (non-hydrogen) atoms. The molecule has 3 heteroatoms. The highest BCUT2D eigenvalue weighted by molar-refractivity contribution is 5.72. The van der Waals surface area contributed by atoms with Gasteiger partial charge >= 0.3 is 5.97 Å². The highest BCUT2D eigenvalue weighted by Gasteiger charge is 2.18. The number of carbonyl (C=O) groups is 1. The number of rotatable bonds is 7. The van der Waals surface area contributed by atoms with Gasteiger partial charge in [0.15, 0.2) is 0 Å². The number of nitrogens with zero attached hydrogens (tertiary/aromatic N) is 1. The Morgan fingerprint density at radius 3 is 2.44 bits per heavy atom. The number of aliphatic carboxylic acids is 1. The van der Waals surface area contributed by atoms with Crippen LogP contribution in [0.4, 0.5) is 0 Å². The van der Waals surface area contributed by atoms with Gasteiger partial charge in [-0.15, -0.1) is 0 Å². The molecule has 1 N–H and O–H groups in total. The second kappa shape index (κ2) is 7.17. The molecule has 1 aromatic carbocycles. The van der Waals surface area contributed by atoms with Crippen molar-refractivity contribution in [2.75, 3.05) is 13.6 Å². The smallest absolute Gasteiger partial charge is 0.320 e. The van der Waals surface area contributed by atoms with E-state index in [9.17, 15) is 4.79 Å². The van der Waals surface area contributed by atoms with Gasteiger partial charge in [-0.1, -0.05) is 37.3 Å². The van der Waals surface area contributed by atoms with Crippen molar-refractivity contribution in [1.29, 1.82) is 0 Å². The van der Waals surface area contributed by atoms with E-state index in [4.69, 9.17) is 5.11 Å². The van der Waals surface area contributed by atoms with Gasteiger partial charge in [-0.25, -0.2) is 0 Å². The summed E-state index contributed by atoms with van der Waals surface area (Å²) in [6.45, 7) is 4.72. The zero-order chi connectivity index (χ0) is 13.5. The van der Waals surface area contributed by atoms with E-state index in [1.54, 1.807) is 6.92 Å². The van der Waals surface area contributed by atoms with Crippen LogP contribution in [0.15, 0.2) is 30.3 Å². The van der Waals surface area contributed by atoms with Crippen LogP contribution in [0.3, 0.4) is 0 Å². The molecule has 0 aromatic heterocycles. The van der Waals surface area contributed by atoms with E-state index in [1.807, 2.05) is 18.0 Å². The van der Waals surface area contributed by atoms with E-state index in [0.717, 1.165) is 19.4 Å². The summed E-state index contributed by atoms with van der Waals surface area (Å²) in [5.74, 6) is -0.259. The van der Waals surface area contributed by atoms with E-state index in [2.05, 4.69) is 31.2 Å². The Morgan fingerprint density at radius 1 is 1.28 bits per heavy atom. The van der Waals surface area contributed by atoms with Crippen molar-refractivity contribution in [2.45, 2.75) is 32.7 Å². The standard InChI is InChI=1S/C15H23NO2/c1-12(11-16(3)13(2)15(17)18)9-10-14-7-5-4-6-8-14/h4-8,12-13H,9-11H2,1-3H3,(H,17,18). The molecule has 1 aromatic rings. The Balaban J connectivity index is 2.33. The SMILES string of the molecule is CC(CCc1ccccc1)CN(C)C(C)C(=O)O. The Labute approximate surface area is 109 Å². The summed E-state index contributed by atoms with van der Waals surface area (Å²) in [5.41, 5.74) is 1.35. The Hall–Kier alpha value is -1.35. The number of aryl methyl sites for hydroxylation is 1. The number of likely N-dealkylation sites (N-methyl/N-ethyl adjacent to an activating group) is 1. The van der Waals surface area contributed by atoms with Gasteiger partial charge in [-0.3, -0.25) is 9.69 Å². The molecule has 1 rings (SSSR count). The van der Waals surface area contributed by atoms with Crippen LogP contribution in [0, 0.1) is 5.92 Å². The lowest BCUT2D eigenvalue weighted by Gasteiger charge is -2.24. The molecule has 100 valence electrons. The minimum atomic E-state index is -0.757. The van der Waals surface area contributed by atoms with Crippen LogP contribution in [-0.4, -0.2) is 35.6 Å². The Morgan fingerprint density at radius 2 is 1.89 bits per heavy atom. The summed E-state index contributed by atoms with van der Waals surface area (Å²) in [7, 11) is 1.87. The first-order valence-corrected chi connectivity index (χ1v) is 6.47. The fourth-order valence-electron chi connectivity index (χ4n) is 1.99. The summed E-state index contributed by atoms with van der Waals surface area (Å²) in [5, 5.41) is 8.93. The third-order valence-corrected chi connectivity index (χ3v) is 3.39. The highest BCUT2D eigenvalue weighted by atomic mass is 16.4. The summed E-state index contributed by atoms with van der Waals surface area (Å²) >= 11 is 0. The van der Waals surface area contributed by atoms with Gasteiger partial charge in [0.25, 0.3) is 0 Å². The molecule has 0 aliphatic rings. The fraction of sp³-hybridized carbons (Fsp3) is 0.533. The first-order valence-electron chi connectivity index (χ1n) is 6.47. The fourth-order valence-corrected chi connectivity index (χ4v) is 1.99. The molecule has 2 atom stereocenters. The minimum Gasteiger partial charge on any atom is -0.480 e. The number of hydrogen-bond donors (Lipinski definition) is 1. The van der Waals surface area contributed by atoms with Crippen LogP contribution in [0.1, 0.15) is 25.8 Å². The van der Waals surface area contributed by atoms with E-state index in [-0.39, 0.29) is 0 Å². The molecule has 0 heterocycles. The second-order valence-corrected chi connectivity index (χ2v) is 5.08. The number of benzene rings is 1. The van der Waals surface area contributed by atoms with Crippen LogP contribution in [0.2, 0.25) is 0 Å². The predicted molar refractivity (Wildman–Crippen MR) is 73.7 cm³/mol. The van der Waals surface area contributed by atoms with E-state index < -0.39 is 12.0 Å². The molecule has 0 bridgehead atoms. The van der Waals surface area contributed by atoms with Crippen molar-refractivity contribution in [3.05, 3.63) is 35.9 Å². The quantitative estimate of drug-likeness (QED) is 0.807. The molecule has 3 nitrogen and oxygen atoms in total. The molecule has 2 unspecified atom stereocenters. The predicted octanol–water partition coefficient (Wildman–Crippen LogP) is 2.66. The Bertz CT molecular complexity index is 364. The zero-order valence-electron chi connectivity index (χ0n) is 11.5. The Kier molecular flexibility index (Phi) is 5.86. The maximum atomic E-state index is 10.9. The monoisotopic (exact) mass is 249 g/mol. The molecule has 0 saturated heterocycles. The first kappa shape index (κ1) is 14.7. The maximum absolute atomic E-state index is 10.9. The normalized spacial score (nSPS) is 14.4. The maximum Gasteiger partial charge on any atom is 0.320 e. The van der Waals surface area contributed by atoms with Gasteiger partial charge in [0.2, 0.25) is 0 Å². The van der Waals surface area contributed by atoms with Gasteiger partial charge in [-0.2, -0.15) is 0 Å². The van der Waals surface area contributed by atoms with E-state index in [0.29, 0.717) is 5.92 Å². The second-order valence-electron chi connectivity index (χ2n) is 5.08. The molecule has 0 fully saturated rings. The molecule has 0 aliphatic carbocycles. The molecule has 0 saturated carbocycles. The number of carboxylic acid groups (broad SMARTS) is 1. The summed E-state index contributed by atoms with van der Waals surface area (Å²) < 4.78 is 0. The molecular weight excluding hydrogens is 226 g/mol. The largest absolute Gasteiger partial charge is 0.480 e. The van der Waals surface area contributed by atoms with E-state index >= 15 is 0 Å². The summed E-state index contributed by atoms with van der Waals surface area (Å²) in [6.07, 6.45) is 2.14. The van der Waals surface area contributed by atoms with Crippen LogP contribution in [0.5, 0.6) is 0 Å². The lowest BCUT2D eigenvalue weighted by atomic mass is 10.0. The highest BCUT2D eigenvalue weighted by Crippen LogP contribution is 2.11. The molecule has 0 aliphatic heterocycles. The third kappa shape index (κ3) is 4.88. The average molecular weight is 249 g/mol. The number of carboxylic acids is 1. The van der Waals surface area contributed by atoms with Gasteiger partial charge < -0.3 is 5.11 Å². The van der Waals surface area contributed by atoms with Gasteiger partial charge in [-0.05, 0) is 38.3 Å². The van der Waals surface area contributed by atoms with Crippen molar-refractivity contribution in [3.8, 4) is 0 Å². The van der Waals surface area contributed by atoms with E-state index in [1.165, 1.54) is 5.56 Å². The third-order valence-electron chi connectivity index (χ3n) is 3.39. The first-order chi connectivity index (χ1) is 8.50. The van der Waals surface area contributed by atoms with Gasteiger partial charge in [0.1, 0.15) is 6.04 Å². The average Bonchev–Trinajstić information content (AvgIpc) is 2.36. The van der Waals surface area contributed by atoms with Crippen LogP contribution in [-0.2, 0) is 11.2 Å². The van der Waals surface area contributed by atoms with Crippen molar-refractivity contribution in [3.63, 3.8) is 0 Å². The lowest BCUT2D eigenvalue weighted by Crippen LogP contribution is -2.38. The summed E-state index contributed by atoms with van der Waals surface area (Å²) in [4.78, 5) is 12.8. The summed E-state index contributed by atoms with van der Waals surface area (Å²) in [6, 6.07) is 9.99. The molecule has 0 amide bonds. The molecular formula is C15H23NO2. The topological polar surface area (TPSA) is 40.5 Å². The van der Waals surface area contributed by atoms with Crippen LogP contribution < -0.4 is 0 Å². The number of hydrogen-bond acceptors (Lipinski definition) is 2. The van der Waals surface area contributed by atoms with Crippen molar-refractivity contribution in [2.24, 2.45) is 5.92 Å². The van der Waals surface area contributed by atoms with Crippen molar-refractivity contribution >= 4 is 5.97 Å². The van der Waals surface area contributed by atoms with Gasteiger partial charge in [0.05, 0.1) is 0 Å². The van der Waals surface area contributed by atoms with Crippen molar-refractivity contribution in [1.82, 2.24) is 4.90 Å². The zero-order valence-corrected chi connectivity index (χ0v) is 11.5.